The quantitative estimate of drug-likeness (QED) is 0.693. The minimum absolute atomic E-state index is 0.0738. The first-order chi connectivity index (χ1) is 6.25. The van der Waals surface area contributed by atoms with Crippen LogP contribution in [0.3, 0.4) is 0 Å². The third-order valence-corrected chi connectivity index (χ3v) is 3.70. The van der Waals surface area contributed by atoms with Crippen LogP contribution in [0.4, 0.5) is 0 Å². The summed E-state index contributed by atoms with van der Waals surface area (Å²) in [7, 11) is 0. The molecule has 1 fully saturated rings. The molecule has 2 aliphatic rings. The van der Waals surface area contributed by atoms with E-state index in [1.807, 2.05) is 0 Å². The molecule has 0 saturated carbocycles. The Bertz CT molecular complexity index is 283. The van der Waals surface area contributed by atoms with Crippen LogP contribution in [0.15, 0.2) is 23.1 Å². The van der Waals surface area contributed by atoms with Gasteiger partial charge in [-0.05, 0) is 23.7 Å². The highest BCUT2D eigenvalue weighted by Crippen LogP contribution is 2.43. The summed E-state index contributed by atoms with van der Waals surface area (Å²) < 4.78 is 0. The maximum absolute atomic E-state index is 10.8. The Hall–Kier alpha value is -0.700. The molecule has 1 aliphatic heterocycles. The van der Waals surface area contributed by atoms with Crippen LogP contribution in [0.2, 0.25) is 0 Å². The van der Waals surface area contributed by atoms with Crippen molar-refractivity contribution >= 4 is 17.7 Å². The van der Waals surface area contributed by atoms with Gasteiger partial charge in [-0.25, -0.2) is 0 Å². The number of amides is 1. The number of fused-ring (bicyclic) bond motifs is 1. The first kappa shape index (κ1) is 8.88. The monoisotopic (exact) mass is 195 g/mol. The Morgan fingerprint density at radius 3 is 3.23 bits per heavy atom. The summed E-state index contributed by atoms with van der Waals surface area (Å²) in [5, 5.41) is 3.25. The average Bonchev–Trinajstić information content (AvgIpc) is 2.44. The molecule has 0 radical (unpaired) electrons. The van der Waals surface area contributed by atoms with Crippen LogP contribution in [0, 0.1) is 5.92 Å². The summed E-state index contributed by atoms with van der Waals surface area (Å²) in [5.41, 5.74) is 0. The fourth-order valence-electron chi connectivity index (χ4n) is 1.79. The van der Waals surface area contributed by atoms with E-state index < -0.39 is 0 Å². The highest BCUT2D eigenvalue weighted by Gasteiger charge is 2.30. The molecule has 3 heteroatoms. The minimum Gasteiger partial charge on any atom is -0.344 e. The molecule has 0 bridgehead atoms. The molecular weight excluding hydrogens is 182 g/mol. The Labute approximate surface area is 82.5 Å². The summed E-state index contributed by atoms with van der Waals surface area (Å²) in [6, 6.07) is 0. The highest BCUT2D eigenvalue weighted by atomic mass is 32.2. The molecule has 1 saturated heterocycles. The van der Waals surface area contributed by atoms with Gasteiger partial charge in [-0.15, -0.1) is 11.8 Å². The van der Waals surface area contributed by atoms with Gasteiger partial charge in [0.2, 0.25) is 5.91 Å². The number of carbonyl (C=O) groups is 1. The smallest absolute Gasteiger partial charge is 0.217 e. The molecule has 2 atom stereocenters. The lowest BCUT2D eigenvalue weighted by Crippen LogP contribution is -2.28. The number of thioether (sulfide) groups is 1. The van der Waals surface area contributed by atoms with Gasteiger partial charge in [-0.1, -0.05) is 18.2 Å². The minimum atomic E-state index is 0.0738. The number of allylic oxidation sites excluding steroid dienone is 4. The Morgan fingerprint density at radius 2 is 2.54 bits per heavy atom. The van der Waals surface area contributed by atoms with E-state index >= 15 is 0 Å². The maximum atomic E-state index is 10.8. The van der Waals surface area contributed by atoms with Gasteiger partial charge in [0.25, 0.3) is 0 Å². The first-order valence-electron chi connectivity index (χ1n) is 4.56. The summed E-state index contributed by atoms with van der Waals surface area (Å²) >= 11 is 1.80. The number of hydrogen-bond donors (Lipinski definition) is 1. The van der Waals surface area contributed by atoms with Crippen LogP contribution < -0.4 is 5.32 Å². The topological polar surface area (TPSA) is 29.1 Å². The molecule has 0 aromatic rings. The predicted molar refractivity (Wildman–Crippen MR) is 55.1 cm³/mol. The van der Waals surface area contributed by atoms with Crippen molar-refractivity contribution in [2.45, 2.75) is 25.1 Å². The molecule has 1 amide bonds. The zero-order chi connectivity index (χ0) is 9.26. The van der Waals surface area contributed by atoms with E-state index in [9.17, 15) is 4.79 Å². The first-order valence-corrected chi connectivity index (χ1v) is 5.44. The predicted octanol–water partition coefficient (Wildman–Crippen LogP) is 2.05. The molecule has 1 aliphatic carbocycles. The molecule has 70 valence electrons. The molecule has 2 rings (SSSR count). The van der Waals surface area contributed by atoms with Crippen LogP contribution in [-0.4, -0.2) is 11.3 Å². The summed E-state index contributed by atoms with van der Waals surface area (Å²) in [6.45, 7) is 1.58. The highest BCUT2D eigenvalue weighted by molar-refractivity contribution is 8.03. The number of carbonyl (C=O) groups excluding carboxylic acids is 1. The third kappa shape index (κ3) is 1.97. The van der Waals surface area contributed by atoms with Gasteiger partial charge in [-0.2, -0.15) is 0 Å². The van der Waals surface area contributed by atoms with Gasteiger partial charge in [-0.3, -0.25) is 4.79 Å². The molecular formula is C10H13NOS. The molecule has 0 aromatic heterocycles. The fourth-order valence-corrected chi connectivity index (χ4v) is 3.22. The van der Waals surface area contributed by atoms with Crippen LogP contribution in [0.5, 0.6) is 0 Å². The van der Waals surface area contributed by atoms with Gasteiger partial charge in [0.05, 0.1) is 5.37 Å². The van der Waals surface area contributed by atoms with E-state index in [2.05, 4.69) is 23.5 Å². The van der Waals surface area contributed by atoms with Crippen molar-refractivity contribution in [3.8, 4) is 0 Å². The lowest BCUT2D eigenvalue weighted by Gasteiger charge is -2.10. The summed E-state index contributed by atoms with van der Waals surface area (Å²) in [5.74, 6) is 0.733. The lowest BCUT2D eigenvalue weighted by molar-refractivity contribution is -0.119. The summed E-state index contributed by atoms with van der Waals surface area (Å²) in [4.78, 5) is 12.3. The van der Waals surface area contributed by atoms with E-state index in [1.54, 1.807) is 18.7 Å². The molecule has 1 N–H and O–H groups in total. The van der Waals surface area contributed by atoms with Crippen molar-refractivity contribution in [2.75, 3.05) is 0 Å². The summed E-state index contributed by atoms with van der Waals surface area (Å²) in [6.07, 6.45) is 8.69. The van der Waals surface area contributed by atoms with Gasteiger partial charge < -0.3 is 5.32 Å². The molecule has 13 heavy (non-hydrogen) atoms. The maximum Gasteiger partial charge on any atom is 0.217 e. The Balaban J connectivity index is 1.98. The van der Waals surface area contributed by atoms with E-state index in [0.29, 0.717) is 11.3 Å². The van der Waals surface area contributed by atoms with Crippen LogP contribution in [0.25, 0.3) is 0 Å². The van der Waals surface area contributed by atoms with Crippen LogP contribution >= 0.6 is 11.8 Å². The van der Waals surface area contributed by atoms with E-state index in [1.165, 1.54) is 4.91 Å². The Morgan fingerprint density at radius 1 is 1.69 bits per heavy atom. The molecule has 2 nitrogen and oxygen atoms in total. The number of rotatable bonds is 1. The SMILES string of the molecule is CC(=O)NC1CC2CC=CC=C2S1. The van der Waals surface area contributed by atoms with E-state index in [-0.39, 0.29) is 5.91 Å². The lowest BCUT2D eigenvalue weighted by atomic mass is 9.97. The number of nitrogens with one attached hydrogen (secondary N) is 1. The zero-order valence-corrected chi connectivity index (χ0v) is 8.43. The molecule has 2 unspecified atom stereocenters. The van der Waals surface area contributed by atoms with Crippen LogP contribution in [-0.2, 0) is 4.79 Å². The zero-order valence-electron chi connectivity index (χ0n) is 7.62. The second-order valence-corrected chi connectivity index (χ2v) is 4.75. The van der Waals surface area contributed by atoms with Gasteiger partial charge in [0.1, 0.15) is 0 Å². The third-order valence-electron chi connectivity index (χ3n) is 2.36. The van der Waals surface area contributed by atoms with Crippen molar-refractivity contribution in [1.29, 1.82) is 0 Å². The van der Waals surface area contributed by atoms with Crippen molar-refractivity contribution in [2.24, 2.45) is 5.92 Å². The fraction of sp³-hybridized carbons (Fsp3) is 0.500. The van der Waals surface area contributed by atoms with Gasteiger partial charge >= 0.3 is 0 Å². The second-order valence-electron chi connectivity index (χ2n) is 3.47. The molecule has 1 heterocycles. The largest absolute Gasteiger partial charge is 0.344 e. The second kappa shape index (κ2) is 3.58. The molecule has 0 aromatic carbocycles. The normalized spacial score (nSPS) is 31.0. The Kier molecular flexibility index (Phi) is 2.44. The van der Waals surface area contributed by atoms with Gasteiger partial charge in [0.15, 0.2) is 0 Å². The van der Waals surface area contributed by atoms with E-state index in [4.69, 9.17) is 0 Å². The van der Waals surface area contributed by atoms with Crippen molar-refractivity contribution in [1.82, 2.24) is 5.32 Å². The number of hydrogen-bond acceptors (Lipinski definition) is 2. The van der Waals surface area contributed by atoms with Gasteiger partial charge in [0, 0.05) is 6.92 Å². The average molecular weight is 195 g/mol. The van der Waals surface area contributed by atoms with Crippen molar-refractivity contribution in [3.63, 3.8) is 0 Å². The van der Waals surface area contributed by atoms with Crippen LogP contribution in [0.1, 0.15) is 19.8 Å². The van der Waals surface area contributed by atoms with Crippen molar-refractivity contribution in [3.05, 3.63) is 23.1 Å². The standard InChI is InChI=1S/C10H13NOS/c1-7(12)11-10-6-8-4-2-3-5-9(8)13-10/h2-3,5,8,10H,4,6H2,1H3,(H,11,12). The van der Waals surface area contributed by atoms with E-state index in [0.717, 1.165) is 12.8 Å². The molecule has 0 spiro atoms. The van der Waals surface area contributed by atoms with Crippen molar-refractivity contribution < 1.29 is 4.79 Å².